The van der Waals surface area contributed by atoms with Crippen molar-refractivity contribution in [2.24, 2.45) is 5.92 Å². The first-order valence-electron chi connectivity index (χ1n) is 9.77. The van der Waals surface area contributed by atoms with Crippen LogP contribution >= 0.6 is 0 Å². The molecule has 2 fully saturated rings. The van der Waals surface area contributed by atoms with Crippen LogP contribution in [-0.2, 0) is 11.3 Å². The van der Waals surface area contributed by atoms with Crippen LogP contribution in [-0.4, -0.2) is 42.9 Å². The van der Waals surface area contributed by atoms with Crippen LogP contribution in [0.3, 0.4) is 0 Å². The minimum Gasteiger partial charge on any atom is -0.481 e. The number of aromatic nitrogens is 1. The van der Waals surface area contributed by atoms with Crippen LogP contribution in [0.4, 0.5) is 17.6 Å². The number of methoxy groups -OCH3 is 1. The van der Waals surface area contributed by atoms with Crippen molar-refractivity contribution in [3.8, 4) is 11.8 Å². The number of hydrogen-bond donors (Lipinski definition) is 2. The summed E-state index contributed by atoms with van der Waals surface area (Å²) in [5.41, 5.74) is 0.278. The van der Waals surface area contributed by atoms with Crippen LogP contribution < -0.4 is 20.1 Å². The second-order valence-electron chi connectivity index (χ2n) is 7.40. The van der Waals surface area contributed by atoms with Gasteiger partial charge in [0.05, 0.1) is 19.1 Å². The molecule has 162 valence electrons. The summed E-state index contributed by atoms with van der Waals surface area (Å²) in [4.78, 5) is 16.0. The second kappa shape index (κ2) is 9.15. The Kier molecular flexibility index (Phi) is 6.81. The fourth-order valence-corrected chi connectivity index (χ4v) is 3.85. The van der Waals surface area contributed by atoms with Crippen molar-refractivity contribution >= 4 is 5.91 Å². The van der Waals surface area contributed by atoms with E-state index in [1.165, 1.54) is 7.11 Å². The van der Waals surface area contributed by atoms with Gasteiger partial charge in [0.1, 0.15) is 6.10 Å². The van der Waals surface area contributed by atoms with Crippen LogP contribution in [0.15, 0.2) is 6.07 Å². The number of hydrogen-bond acceptors (Lipinski definition) is 5. The van der Waals surface area contributed by atoms with E-state index in [4.69, 9.17) is 9.47 Å². The largest absolute Gasteiger partial charge is 0.481 e. The summed E-state index contributed by atoms with van der Waals surface area (Å²) in [5.74, 6) is -3.27. The van der Waals surface area contributed by atoms with Gasteiger partial charge in [-0.15, -0.1) is 0 Å². The summed E-state index contributed by atoms with van der Waals surface area (Å²) in [5, 5.41) is 5.75. The molecule has 1 saturated carbocycles. The summed E-state index contributed by atoms with van der Waals surface area (Å²) >= 11 is 0. The predicted molar refractivity (Wildman–Crippen MR) is 96.0 cm³/mol. The van der Waals surface area contributed by atoms with E-state index in [1.807, 2.05) is 0 Å². The van der Waals surface area contributed by atoms with E-state index < -0.39 is 29.9 Å². The van der Waals surface area contributed by atoms with Crippen molar-refractivity contribution in [2.45, 2.75) is 63.4 Å². The fraction of sp³-hybridized carbons (Fsp3) is 0.684. The molecule has 2 N–H and O–H groups in total. The summed E-state index contributed by atoms with van der Waals surface area (Å²) in [6, 6.07) is 0.793. The van der Waals surface area contributed by atoms with Gasteiger partial charge in [-0.05, 0) is 44.7 Å². The molecule has 1 amide bonds. The molecule has 0 bridgehead atoms. The topological polar surface area (TPSA) is 72.5 Å². The van der Waals surface area contributed by atoms with E-state index in [9.17, 15) is 22.4 Å². The second-order valence-corrected chi connectivity index (χ2v) is 7.40. The molecule has 1 saturated heterocycles. The van der Waals surface area contributed by atoms with Crippen molar-refractivity contribution in [1.82, 2.24) is 15.6 Å². The number of carbonyl (C=O) groups excluding carboxylic acids is 1. The molecule has 3 atom stereocenters. The zero-order chi connectivity index (χ0) is 21.0. The maximum absolute atomic E-state index is 14.5. The molecule has 1 aliphatic carbocycles. The van der Waals surface area contributed by atoms with Crippen molar-refractivity contribution in [1.29, 1.82) is 0 Å². The highest BCUT2D eigenvalue weighted by Gasteiger charge is 2.47. The molecule has 2 unspecified atom stereocenters. The Bertz CT molecular complexity index is 723. The number of carbonyl (C=O) groups is 1. The number of nitrogens with one attached hydrogen (secondary N) is 2. The lowest BCUT2D eigenvalue weighted by Crippen LogP contribution is -2.40. The standard InChI is InChI=1S/C19H25F4N3O3/c1-28-17-11(10-25-16(27)14-6-4-8-24-14)9-13(20)18(26-17)29-15-7-3-2-5-12(15)19(21,22)23/h9,12,14-15,24H,2-8,10H2,1H3,(H,25,27)/t12?,14-,15?/m0/s1. The summed E-state index contributed by atoms with van der Waals surface area (Å²) in [7, 11) is 1.31. The molecule has 2 heterocycles. The van der Waals surface area contributed by atoms with Gasteiger partial charge in [0.2, 0.25) is 11.8 Å². The zero-order valence-corrected chi connectivity index (χ0v) is 16.2. The minimum atomic E-state index is -4.41. The third kappa shape index (κ3) is 5.29. The first-order valence-corrected chi connectivity index (χ1v) is 9.77. The van der Waals surface area contributed by atoms with Crippen molar-refractivity contribution < 1.29 is 31.8 Å². The molecule has 0 radical (unpaired) electrons. The van der Waals surface area contributed by atoms with Gasteiger partial charge in [0.25, 0.3) is 5.88 Å². The smallest absolute Gasteiger partial charge is 0.395 e. The van der Waals surface area contributed by atoms with Gasteiger partial charge in [0.15, 0.2) is 5.82 Å². The maximum atomic E-state index is 14.5. The average molecular weight is 419 g/mol. The molecule has 0 spiro atoms. The molecule has 29 heavy (non-hydrogen) atoms. The number of alkyl halides is 3. The van der Waals surface area contributed by atoms with E-state index >= 15 is 0 Å². The van der Waals surface area contributed by atoms with Gasteiger partial charge in [-0.3, -0.25) is 4.79 Å². The number of ether oxygens (including phenoxy) is 2. The predicted octanol–water partition coefficient (Wildman–Crippen LogP) is 3.10. The molecule has 0 aromatic carbocycles. The van der Waals surface area contributed by atoms with E-state index in [-0.39, 0.29) is 42.8 Å². The van der Waals surface area contributed by atoms with Crippen LogP contribution in [0.2, 0.25) is 0 Å². The Balaban J connectivity index is 1.71. The lowest BCUT2D eigenvalue weighted by molar-refractivity contribution is -0.204. The summed E-state index contributed by atoms with van der Waals surface area (Å²) in [6.45, 7) is 0.753. The summed E-state index contributed by atoms with van der Waals surface area (Å²) < 4.78 is 64.7. The van der Waals surface area contributed by atoms with Crippen molar-refractivity contribution in [3.63, 3.8) is 0 Å². The number of nitrogens with zero attached hydrogens (tertiary/aromatic N) is 1. The van der Waals surface area contributed by atoms with Crippen LogP contribution in [0, 0.1) is 11.7 Å². The molecule has 1 aliphatic heterocycles. The number of halogens is 4. The quantitative estimate of drug-likeness (QED) is 0.694. The van der Waals surface area contributed by atoms with Gasteiger partial charge in [-0.25, -0.2) is 4.39 Å². The van der Waals surface area contributed by atoms with Crippen LogP contribution in [0.25, 0.3) is 0 Å². The Hall–Kier alpha value is -2.10. The Morgan fingerprint density at radius 3 is 2.66 bits per heavy atom. The number of amides is 1. The van der Waals surface area contributed by atoms with E-state index in [2.05, 4.69) is 15.6 Å². The average Bonchev–Trinajstić information content (AvgIpc) is 3.22. The van der Waals surface area contributed by atoms with Gasteiger partial charge >= 0.3 is 6.18 Å². The molecule has 2 aliphatic rings. The van der Waals surface area contributed by atoms with Gasteiger partial charge in [-0.1, -0.05) is 6.42 Å². The van der Waals surface area contributed by atoms with Gasteiger partial charge in [0, 0.05) is 12.1 Å². The highest BCUT2D eigenvalue weighted by atomic mass is 19.4. The van der Waals surface area contributed by atoms with E-state index in [0.717, 1.165) is 25.5 Å². The lowest BCUT2D eigenvalue weighted by Gasteiger charge is -2.32. The van der Waals surface area contributed by atoms with Crippen molar-refractivity contribution in [2.75, 3.05) is 13.7 Å². The molecule has 6 nitrogen and oxygen atoms in total. The first-order chi connectivity index (χ1) is 13.8. The SMILES string of the molecule is COc1nc(OC2CCCCC2C(F)(F)F)c(F)cc1CNC(=O)[C@@H]1CCCN1. The number of pyridine rings is 1. The van der Waals surface area contributed by atoms with Crippen LogP contribution in [0.5, 0.6) is 11.8 Å². The number of rotatable bonds is 6. The van der Waals surface area contributed by atoms with E-state index in [0.29, 0.717) is 12.8 Å². The molecule has 1 aromatic rings. The van der Waals surface area contributed by atoms with Crippen LogP contribution in [0.1, 0.15) is 44.1 Å². The molecule has 3 rings (SSSR count). The van der Waals surface area contributed by atoms with E-state index in [1.54, 1.807) is 0 Å². The highest BCUT2D eigenvalue weighted by Crippen LogP contribution is 2.40. The third-order valence-electron chi connectivity index (χ3n) is 5.39. The summed E-state index contributed by atoms with van der Waals surface area (Å²) in [6.07, 6.45) is -2.80. The minimum absolute atomic E-state index is 0.000416. The monoisotopic (exact) mass is 419 g/mol. The highest BCUT2D eigenvalue weighted by molar-refractivity contribution is 5.82. The Morgan fingerprint density at radius 1 is 1.24 bits per heavy atom. The fourth-order valence-electron chi connectivity index (χ4n) is 3.85. The lowest BCUT2D eigenvalue weighted by atomic mass is 9.86. The van der Waals surface area contributed by atoms with Crippen molar-refractivity contribution in [3.05, 3.63) is 17.4 Å². The zero-order valence-electron chi connectivity index (χ0n) is 16.2. The molecule has 10 heteroatoms. The molecular formula is C19H25F4N3O3. The normalized spacial score (nSPS) is 24.9. The molecular weight excluding hydrogens is 394 g/mol. The Morgan fingerprint density at radius 2 is 2.00 bits per heavy atom. The van der Waals surface area contributed by atoms with Gasteiger partial charge in [-0.2, -0.15) is 18.2 Å². The first kappa shape index (κ1) is 21.6. The maximum Gasteiger partial charge on any atom is 0.395 e. The Labute approximate surface area is 166 Å². The third-order valence-corrected chi connectivity index (χ3v) is 5.39. The molecule has 1 aromatic heterocycles. The van der Waals surface area contributed by atoms with Gasteiger partial charge < -0.3 is 20.1 Å².